The van der Waals surface area contributed by atoms with Crippen LogP contribution in [0.3, 0.4) is 0 Å². The maximum absolute atomic E-state index is 12.4. The smallest absolute Gasteiger partial charge is 0.255 e. The highest BCUT2D eigenvalue weighted by Gasteiger charge is 2.49. The second-order valence-corrected chi connectivity index (χ2v) is 10.7. The molecule has 2 amide bonds. The first-order valence-electron chi connectivity index (χ1n) is 8.43. The van der Waals surface area contributed by atoms with Crippen LogP contribution < -0.4 is 14.8 Å². The summed E-state index contributed by atoms with van der Waals surface area (Å²) in [4.78, 5) is 24.7. The molecule has 1 aliphatic heterocycles. The van der Waals surface area contributed by atoms with Crippen LogP contribution in [-0.2, 0) is 24.8 Å². The van der Waals surface area contributed by atoms with Crippen molar-refractivity contribution in [3.63, 3.8) is 0 Å². The van der Waals surface area contributed by atoms with Crippen molar-refractivity contribution < 1.29 is 26.4 Å². The van der Waals surface area contributed by atoms with Crippen molar-refractivity contribution in [1.29, 1.82) is 0 Å². The van der Waals surface area contributed by atoms with Crippen LogP contribution in [0.15, 0.2) is 53.4 Å². The molecule has 0 radical (unpaired) electrons. The number of amides is 2. The van der Waals surface area contributed by atoms with E-state index in [9.17, 15) is 26.4 Å². The molecule has 0 saturated carbocycles. The number of anilines is 2. The van der Waals surface area contributed by atoms with Crippen LogP contribution in [0.2, 0.25) is 0 Å². The minimum atomic E-state index is -3.83. The number of nitrogens with two attached hydrogens (primary N) is 1. The zero-order chi connectivity index (χ0) is 21.6. The summed E-state index contributed by atoms with van der Waals surface area (Å²) in [6, 6.07) is 10.9. The summed E-state index contributed by atoms with van der Waals surface area (Å²) in [6.45, 7) is 3.13. The summed E-state index contributed by atoms with van der Waals surface area (Å²) in [6.07, 6.45) is 0. The van der Waals surface area contributed by atoms with Crippen molar-refractivity contribution in [3.05, 3.63) is 54.1 Å². The molecule has 9 nitrogen and oxygen atoms in total. The van der Waals surface area contributed by atoms with E-state index in [1.807, 2.05) is 0 Å². The number of benzene rings is 2. The second-order valence-electron chi connectivity index (χ2n) is 7.28. The largest absolute Gasteiger partial charge is 0.322 e. The standard InChI is InChI=1S/C18H19N3O6S2/c1-18(2)11-28(24,25)21(17(18)23)14-7-3-12(4-8-14)16(22)20-13-5-9-15(10-6-13)29(19,26)27/h3-10H,11H2,1-2H3,(H,20,22)(H2,19,26,27). The summed E-state index contributed by atoms with van der Waals surface area (Å²) < 4.78 is 47.9. The van der Waals surface area contributed by atoms with E-state index in [-0.39, 0.29) is 21.9 Å². The molecule has 3 rings (SSSR count). The minimum absolute atomic E-state index is 0.0840. The summed E-state index contributed by atoms with van der Waals surface area (Å²) in [7, 11) is -7.60. The Kier molecular flexibility index (Phi) is 5.01. The Labute approximate surface area is 168 Å². The molecule has 0 unspecified atom stereocenters. The number of rotatable bonds is 4. The predicted octanol–water partition coefficient (Wildman–Crippen LogP) is 1.29. The first-order valence-corrected chi connectivity index (χ1v) is 11.6. The molecule has 1 heterocycles. The second kappa shape index (κ2) is 6.94. The van der Waals surface area contributed by atoms with E-state index in [1.54, 1.807) is 13.8 Å². The quantitative estimate of drug-likeness (QED) is 0.737. The van der Waals surface area contributed by atoms with Crippen molar-refractivity contribution in [3.8, 4) is 0 Å². The van der Waals surface area contributed by atoms with Gasteiger partial charge in [0.05, 0.1) is 21.8 Å². The average molecular weight is 437 g/mol. The van der Waals surface area contributed by atoms with E-state index in [0.717, 1.165) is 4.31 Å². The first-order chi connectivity index (χ1) is 13.3. The maximum atomic E-state index is 12.4. The third-order valence-corrected chi connectivity index (χ3v) is 7.34. The van der Waals surface area contributed by atoms with Crippen molar-refractivity contribution >= 4 is 43.2 Å². The number of nitrogens with zero attached hydrogens (tertiary/aromatic N) is 1. The monoisotopic (exact) mass is 437 g/mol. The molecule has 2 aromatic rings. The molecule has 0 bridgehead atoms. The van der Waals surface area contributed by atoms with Gasteiger partial charge >= 0.3 is 0 Å². The molecule has 3 N–H and O–H groups in total. The third-order valence-electron chi connectivity index (χ3n) is 4.39. The van der Waals surface area contributed by atoms with Gasteiger partial charge in [-0.15, -0.1) is 0 Å². The lowest BCUT2D eigenvalue weighted by Gasteiger charge is -2.17. The van der Waals surface area contributed by atoms with Gasteiger partial charge in [0.1, 0.15) is 0 Å². The zero-order valence-electron chi connectivity index (χ0n) is 15.6. The highest BCUT2D eigenvalue weighted by Crippen LogP contribution is 2.35. The van der Waals surface area contributed by atoms with Gasteiger partial charge in [-0.3, -0.25) is 9.59 Å². The Morgan fingerprint density at radius 2 is 1.62 bits per heavy atom. The molecule has 0 spiro atoms. The molecule has 0 aromatic heterocycles. The molecule has 0 aliphatic carbocycles. The van der Waals surface area contributed by atoms with Crippen LogP contribution in [0.4, 0.5) is 11.4 Å². The van der Waals surface area contributed by atoms with Crippen LogP contribution in [0, 0.1) is 5.41 Å². The van der Waals surface area contributed by atoms with Crippen molar-refractivity contribution in [2.24, 2.45) is 10.6 Å². The molecule has 29 heavy (non-hydrogen) atoms. The van der Waals surface area contributed by atoms with Crippen LogP contribution in [-0.4, -0.2) is 34.4 Å². The Balaban J connectivity index is 1.78. The molecule has 2 aromatic carbocycles. The van der Waals surface area contributed by atoms with Gasteiger partial charge in [-0.1, -0.05) is 0 Å². The van der Waals surface area contributed by atoms with Gasteiger partial charge in [0, 0.05) is 11.3 Å². The minimum Gasteiger partial charge on any atom is -0.322 e. The molecule has 0 atom stereocenters. The maximum Gasteiger partial charge on any atom is 0.255 e. The lowest BCUT2D eigenvalue weighted by molar-refractivity contribution is -0.123. The summed E-state index contributed by atoms with van der Waals surface area (Å²) in [5, 5.41) is 7.62. The van der Waals surface area contributed by atoms with Gasteiger partial charge in [-0.2, -0.15) is 0 Å². The Morgan fingerprint density at radius 3 is 2.07 bits per heavy atom. The van der Waals surface area contributed by atoms with Crippen LogP contribution >= 0.6 is 0 Å². The predicted molar refractivity (Wildman–Crippen MR) is 107 cm³/mol. The van der Waals surface area contributed by atoms with Crippen LogP contribution in [0.1, 0.15) is 24.2 Å². The third kappa shape index (κ3) is 4.16. The lowest BCUT2D eigenvalue weighted by Crippen LogP contribution is -2.32. The molecular formula is C18H19N3O6S2. The van der Waals surface area contributed by atoms with Crippen molar-refractivity contribution in [1.82, 2.24) is 0 Å². The van der Waals surface area contributed by atoms with Crippen molar-refractivity contribution in [2.45, 2.75) is 18.7 Å². The Bertz CT molecular complexity index is 1190. The Hall–Kier alpha value is -2.76. The number of primary sulfonamides is 1. The number of hydrogen-bond donors (Lipinski definition) is 2. The SMILES string of the molecule is CC1(C)CS(=O)(=O)N(c2ccc(C(=O)Nc3ccc(S(N)(=O)=O)cc3)cc2)C1=O. The van der Waals surface area contributed by atoms with E-state index in [4.69, 9.17) is 5.14 Å². The highest BCUT2D eigenvalue weighted by molar-refractivity contribution is 7.94. The average Bonchev–Trinajstić information content (AvgIpc) is 2.77. The number of hydrogen-bond acceptors (Lipinski definition) is 6. The number of carbonyl (C=O) groups is 2. The first kappa shape index (κ1) is 21.0. The normalized spacial score (nSPS) is 17.9. The number of sulfonamides is 2. The van der Waals surface area contributed by atoms with Crippen LogP contribution in [0.5, 0.6) is 0 Å². The summed E-state index contributed by atoms with van der Waals surface area (Å²) in [5.74, 6) is -1.30. The van der Waals surface area contributed by atoms with E-state index in [2.05, 4.69) is 5.32 Å². The van der Waals surface area contributed by atoms with Gasteiger partial charge in [0.25, 0.3) is 5.91 Å². The van der Waals surface area contributed by atoms with Crippen LogP contribution in [0.25, 0.3) is 0 Å². The highest BCUT2D eigenvalue weighted by atomic mass is 32.2. The molecule has 1 fully saturated rings. The number of carbonyl (C=O) groups excluding carboxylic acids is 2. The molecule has 11 heteroatoms. The fourth-order valence-corrected chi connectivity index (χ4v) is 5.56. The fraction of sp³-hybridized carbons (Fsp3) is 0.222. The molecule has 154 valence electrons. The Morgan fingerprint density at radius 1 is 1.07 bits per heavy atom. The molecule has 1 aliphatic rings. The van der Waals surface area contributed by atoms with Gasteiger partial charge in [0.2, 0.25) is 26.0 Å². The molecular weight excluding hydrogens is 418 g/mol. The van der Waals surface area contributed by atoms with E-state index in [0.29, 0.717) is 5.69 Å². The fourth-order valence-electron chi connectivity index (χ4n) is 2.94. The topological polar surface area (TPSA) is 144 Å². The van der Waals surface area contributed by atoms with Gasteiger partial charge in [0.15, 0.2) is 0 Å². The number of nitrogens with one attached hydrogen (secondary N) is 1. The van der Waals surface area contributed by atoms with Crippen molar-refractivity contribution in [2.75, 3.05) is 15.4 Å². The summed E-state index contributed by atoms with van der Waals surface area (Å²) in [5.41, 5.74) is -0.273. The van der Waals surface area contributed by atoms with E-state index in [1.165, 1.54) is 48.5 Å². The van der Waals surface area contributed by atoms with Gasteiger partial charge < -0.3 is 5.32 Å². The zero-order valence-corrected chi connectivity index (χ0v) is 17.2. The van der Waals surface area contributed by atoms with Gasteiger partial charge in [-0.25, -0.2) is 26.3 Å². The van der Waals surface area contributed by atoms with E-state index >= 15 is 0 Å². The summed E-state index contributed by atoms with van der Waals surface area (Å²) >= 11 is 0. The van der Waals surface area contributed by atoms with Gasteiger partial charge in [-0.05, 0) is 62.4 Å². The van der Waals surface area contributed by atoms with E-state index < -0.39 is 37.3 Å². The lowest BCUT2D eigenvalue weighted by atomic mass is 9.95. The molecule has 1 saturated heterocycles.